The van der Waals surface area contributed by atoms with Crippen molar-refractivity contribution < 1.29 is 9.59 Å². The van der Waals surface area contributed by atoms with Gasteiger partial charge in [0.1, 0.15) is 0 Å². The third kappa shape index (κ3) is 3.97. The van der Waals surface area contributed by atoms with Crippen molar-refractivity contribution in [2.24, 2.45) is 0 Å². The van der Waals surface area contributed by atoms with Crippen LogP contribution in [-0.2, 0) is 9.59 Å². The van der Waals surface area contributed by atoms with Crippen LogP contribution in [0, 0.1) is 0 Å². The largest absolute Gasteiger partial charge is 0.354 e. The fraction of sp³-hybridized carbons (Fsp3) is 0.263. The van der Waals surface area contributed by atoms with Gasteiger partial charge in [-0.3, -0.25) is 9.59 Å². The smallest absolute Gasteiger partial charge is 0.228 e. The molecule has 1 aliphatic rings. The maximum atomic E-state index is 12.6. The van der Waals surface area contributed by atoms with Crippen LogP contribution in [0.25, 0.3) is 0 Å². The van der Waals surface area contributed by atoms with Crippen LogP contribution in [0.2, 0.25) is 0 Å². The Labute approximate surface area is 146 Å². The van der Waals surface area contributed by atoms with E-state index >= 15 is 0 Å². The lowest BCUT2D eigenvalue weighted by atomic mass is 9.90. The first-order valence-corrected chi connectivity index (χ1v) is 8.89. The SMILES string of the molecule is C[C@H](CNC(=O)[C@H]1CC(=O)Nc2ccccc21)Sc1ccccc1. The quantitative estimate of drug-likeness (QED) is 0.820. The van der Waals surface area contributed by atoms with E-state index in [1.807, 2.05) is 42.5 Å². The summed E-state index contributed by atoms with van der Waals surface area (Å²) in [6.07, 6.45) is 0.197. The first-order chi connectivity index (χ1) is 11.6. The fourth-order valence-electron chi connectivity index (χ4n) is 2.79. The van der Waals surface area contributed by atoms with Gasteiger partial charge >= 0.3 is 0 Å². The van der Waals surface area contributed by atoms with Crippen LogP contribution in [0.3, 0.4) is 0 Å². The lowest BCUT2D eigenvalue weighted by molar-refractivity contribution is -0.126. The third-order valence-electron chi connectivity index (χ3n) is 3.96. The lowest BCUT2D eigenvalue weighted by Crippen LogP contribution is -2.37. The second-order valence-electron chi connectivity index (χ2n) is 5.88. The van der Waals surface area contributed by atoms with E-state index in [2.05, 4.69) is 29.7 Å². The van der Waals surface area contributed by atoms with Crippen LogP contribution < -0.4 is 10.6 Å². The van der Waals surface area contributed by atoms with Crippen LogP contribution in [-0.4, -0.2) is 23.6 Å². The number of thioether (sulfide) groups is 1. The molecule has 124 valence electrons. The van der Waals surface area contributed by atoms with Crippen molar-refractivity contribution in [3.63, 3.8) is 0 Å². The summed E-state index contributed by atoms with van der Waals surface area (Å²) in [6.45, 7) is 2.65. The van der Waals surface area contributed by atoms with E-state index in [4.69, 9.17) is 0 Å². The summed E-state index contributed by atoms with van der Waals surface area (Å²) in [7, 11) is 0. The summed E-state index contributed by atoms with van der Waals surface area (Å²) in [5.74, 6) is -0.609. The number of hydrogen-bond acceptors (Lipinski definition) is 3. The zero-order valence-electron chi connectivity index (χ0n) is 13.5. The molecule has 0 aliphatic carbocycles. The number of amides is 2. The minimum Gasteiger partial charge on any atom is -0.354 e. The van der Waals surface area contributed by atoms with Crippen LogP contribution in [0.4, 0.5) is 5.69 Å². The highest BCUT2D eigenvalue weighted by Gasteiger charge is 2.30. The topological polar surface area (TPSA) is 58.2 Å². The predicted octanol–water partition coefficient (Wildman–Crippen LogP) is 3.41. The van der Waals surface area contributed by atoms with Crippen LogP contribution in [0.1, 0.15) is 24.8 Å². The molecule has 2 aromatic rings. The van der Waals surface area contributed by atoms with E-state index in [0.29, 0.717) is 6.54 Å². The summed E-state index contributed by atoms with van der Waals surface area (Å²) < 4.78 is 0. The summed E-state index contributed by atoms with van der Waals surface area (Å²) in [5.41, 5.74) is 1.62. The van der Waals surface area contributed by atoms with E-state index in [1.54, 1.807) is 11.8 Å². The van der Waals surface area contributed by atoms with Crippen molar-refractivity contribution >= 4 is 29.3 Å². The molecule has 0 saturated carbocycles. The zero-order valence-corrected chi connectivity index (χ0v) is 14.3. The van der Waals surface area contributed by atoms with Crippen molar-refractivity contribution in [3.05, 3.63) is 60.2 Å². The molecule has 0 spiro atoms. The van der Waals surface area contributed by atoms with Gasteiger partial charge in [0.2, 0.25) is 11.8 Å². The molecule has 2 amide bonds. The molecule has 4 nitrogen and oxygen atoms in total. The predicted molar refractivity (Wildman–Crippen MR) is 97.2 cm³/mol. The van der Waals surface area contributed by atoms with Crippen molar-refractivity contribution in [2.75, 3.05) is 11.9 Å². The highest BCUT2D eigenvalue weighted by Crippen LogP contribution is 2.32. The maximum absolute atomic E-state index is 12.6. The molecule has 2 aromatic carbocycles. The van der Waals surface area contributed by atoms with Crippen molar-refractivity contribution in [1.82, 2.24) is 5.32 Å². The van der Waals surface area contributed by atoms with Crippen molar-refractivity contribution in [1.29, 1.82) is 0 Å². The molecule has 0 radical (unpaired) electrons. The average Bonchev–Trinajstić information content (AvgIpc) is 2.59. The molecule has 0 fully saturated rings. The Morgan fingerprint density at radius 2 is 1.92 bits per heavy atom. The monoisotopic (exact) mass is 340 g/mol. The summed E-state index contributed by atoms with van der Waals surface area (Å²) in [5, 5.41) is 6.07. The second-order valence-corrected chi connectivity index (χ2v) is 7.39. The highest BCUT2D eigenvalue weighted by molar-refractivity contribution is 8.00. The molecule has 5 heteroatoms. The van der Waals surface area contributed by atoms with E-state index < -0.39 is 5.92 Å². The van der Waals surface area contributed by atoms with Gasteiger partial charge in [0.15, 0.2) is 0 Å². The Balaban J connectivity index is 1.60. The number of carbonyl (C=O) groups is 2. The molecule has 0 aromatic heterocycles. The van der Waals surface area contributed by atoms with E-state index in [0.717, 1.165) is 11.3 Å². The van der Waals surface area contributed by atoms with E-state index in [-0.39, 0.29) is 23.5 Å². The van der Waals surface area contributed by atoms with E-state index in [9.17, 15) is 9.59 Å². The fourth-order valence-corrected chi connectivity index (χ4v) is 3.73. The number of para-hydroxylation sites is 1. The number of rotatable bonds is 5. The second kappa shape index (κ2) is 7.53. The van der Waals surface area contributed by atoms with Crippen LogP contribution in [0.15, 0.2) is 59.5 Å². The molecule has 0 saturated heterocycles. The Morgan fingerprint density at radius 1 is 1.21 bits per heavy atom. The zero-order chi connectivity index (χ0) is 16.9. The van der Waals surface area contributed by atoms with Gasteiger partial charge in [-0.05, 0) is 23.8 Å². The molecular formula is C19H20N2O2S. The minimum atomic E-state index is -0.413. The Hall–Kier alpha value is -2.27. The first-order valence-electron chi connectivity index (χ1n) is 8.01. The molecule has 0 unspecified atom stereocenters. The standard InChI is InChI=1S/C19H20N2O2S/c1-13(24-14-7-3-2-4-8-14)12-20-19(23)16-11-18(22)21-17-10-6-5-9-15(16)17/h2-10,13,16H,11-12H2,1H3,(H,20,23)(H,21,22)/t13-,16+/m1/s1. The lowest BCUT2D eigenvalue weighted by Gasteiger charge is -2.25. The molecule has 0 bridgehead atoms. The first kappa shape index (κ1) is 16.6. The van der Waals surface area contributed by atoms with Gasteiger partial charge in [-0.2, -0.15) is 0 Å². The molecule has 1 aliphatic heterocycles. The third-order valence-corrected chi connectivity index (χ3v) is 5.07. The number of benzene rings is 2. The van der Waals surface area contributed by atoms with E-state index in [1.165, 1.54) is 4.90 Å². The summed E-state index contributed by atoms with van der Waals surface area (Å²) >= 11 is 1.72. The number of anilines is 1. The molecular weight excluding hydrogens is 320 g/mol. The van der Waals surface area contributed by atoms with Gasteiger partial charge in [0, 0.05) is 28.8 Å². The molecule has 2 N–H and O–H groups in total. The average molecular weight is 340 g/mol. The Morgan fingerprint density at radius 3 is 2.71 bits per heavy atom. The van der Waals surface area contributed by atoms with Crippen LogP contribution in [0.5, 0.6) is 0 Å². The number of hydrogen-bond donors (Lipinski definition) is 2. The van der Waals surface area contributed by atoms with Gasteiger partial charge in [-0.1, -0.05) is 43.3 Å². The van der Waals surface area contributed by atoms with Gasteiger partial charge in [-0.15, -0.1) is 11.8 Å². The number of carbonyl (C=O) groups excluding carboxylic acids is 2. The molecule has 24 heavy (non-hydrogen) atoms. The Kier molecular flexibility index (Phi) is 5.20. The van der Waals surface area contributed by atoms with Crippen LogP contribution >= 0.6 is 11.8 Å². The Bertz CT molecular complexity index is 733. The van der Waals surface area contributed by atoms with Gasteiger partial charge in [0.05, 0.1) is 5.92 Å². The number of fused-ring (bicyclic) bond motifs is 1. The minimum absolute atomic E-state index is 0.0854. The van der Waals surface area contributed by atoms with Gasteiger partial charge in [-0.25, -0.2) is 0 Å². The summed E-state index contributed by atoms with van der Waals surface area (Å²) in [4.78, 5) is 25.6. The highest BCUT2D eigenvalue weighted by atomic mass is 32.2. The van der Waals surface area contributed by atoms with Gasteiger partial charge < -0.3 is 10.6 Å². The number of nitrogens with one attached hydrogen (secondary N) is 2. The molecule has 2 atom stereocenters. The summed E-state index contributed by atoms with van der Waals surface area (Å²) in [6, 6.07) is 17.6. The molecule has 3 rings (SSSR count). The van der Waals surface area contributed by atoms with Crippen molar-refractivity contribution in [2.45, 2.75) is 29.4 Å². The maximum Gasteiger partial charge on any atom is 0.228 e. The van der Waals surface area contributed by atoms with Gasteiger partial charge in [0.25, 0.3) is 0 Å². The van der Waals surface area contributed by atoms with Crippen molar-refractivity contribution in [3.8, 4) is 0 Å². The molecule has 1 heterocycles. The normalized spacial score (nSPS) is 17.5.